The quantitative estimate of drug-likeness (QED) is 0.810. The second-order valence-electron chi connectivity index (χ2n) is 2.62. The Morgan fingerprint density at radius 1 is 1.43 bits per heavy atom. The summed E-state index contributed by atoms with van der Waals surface area (Å²) >= 11 is 6.32. The van der Waals surface area contributed by atoms with E-state index >= 15 is 0 Å². The van der Waals surface area contributed by atoms with E-state index in [4.69, 9.17) is 0 Å². The molecule has 0 aromatic carbocycles. The van der Waals surface area contributed by atoms with Gasteiger partial charge in [-0.1, -0.05) is 0 Å². The Labute approximate surface area is 97.7 Å². The summed E-state index contributed by atoms with van der Waals surface area (Å²) in [4.78, 5) is 16.6. The standard InChI is InChI=1S/C9H6BrNOS2/c10-6-1-3-14-9(6)7(12)5-8-11-2-4-13-8/h1-4H,5H2. The topological polar surface area (TPSA) is 30.0 Å². The molecule has 2 nitrogen and oxygen atoms in total. The summed E-state index contributed by atoms with van der Waals surface area (Å²) in [6.07, 6.45) is 2.12. The SMILES string of the molecule is O=C(Cc1nccs1)c1sccc1Br. The number of ketones is 1. The number of Topliss-reactive ketones (excluding diaryl/α,β-unsaturated/α-hetero) is 1. The maximum absolute atomic E-state index is 11.7. The number of carbonyl (C=O) groups is 1. The molecule has 0 fully saturated rings. The van der Waals surface area contributed by atoms with E-state index < -0.39 is 0 Å². The molecule has 0 atom stereocenters. The molecule has 0 saturated heterocycles. The van der Waals surface area contributed by atoms with E-state index in [-0.39, 0.29) is 5.78 Å². The first-order valence-electron chi connectivity index (χ1n) is 3.92. The van der Waals surface area contributed by atoms with Crippen molar-refractivity contribution in [3.8, 4) is 0 Å². The normalized spacial score (nSPS) is 10.4. The molecule has 0 spiro atoms. The summed E-state index contributed by atoms with van der Waals surface area (Å²) in [5.74, 6) is 0.127. The van der Waals surface area contributed by atoms with Gasteiger partial charge >= 0.3 is 0 Å². The highest BCUT2D eigenvalue weighted by atomic mass is 79.9. The highest BCUT2D eigenvalue weighted by molar-refractivity contribution is 9.10. The lowest BCUT2D eigenvalue weighted by Gasteiger charge is -1.94. The summed E-state index contributed by atoms with van der Waals surface area (Å²) in [6.45, 7) is 0. The van der Waals surface area contributed by atoms with Crippen LogP contribution in [0.1, 0.15) is 14.7 Å². The molecule has 0 aliphatic rings. The first-order valence-corrected chi connectivity index (χ1v) is 6.47. The van der Waals surface area contributed by atoms with Crippen molar-refractivity contribution in [1.82, 2.24) is 4.98 Å². The Morgan fingerprint density at radius 2 is 2.29 bits per heavy atom. The van der Waals surface area contributed by atoms with Crippen molar-refractivity contribution in [2.45, 2.75) is 6.42 Å². The van der Waals surface area contributed by atoms with Crippen molar-refractivity contribution in [3.63, 3.8) is 0 Å². The molecule has 0 N–H and O–H groups in total. The van der Waals surface area contributed by atoms with Gasteiger partial charge in [-0.2, -0.15) is 0 Å². The molecule has 2 aromatic rings. The van der Waals surface area contributed by atoms with E-state index in [1.165, 1.54) is 22.7 Å². The molecule has 2 rings (SSSR count). The van der Waals surface area contributed by atoms with Crippen LogP contribution in [0.15, 0.2) is 27.5 Å². The van der Waals surface area contributed by atoms with Gasteiger partial charge < -0.3 is 0 Å². The highest BCUT2D eigenvalue weighted by Gasteiger charge is 2.13. The molecule has 0 saturated carbocycles. The van der Waals surface area contributed by atoms with E-state index in [1.54, 1.807) is 6.20 Å². The Balaban J connectivity index is 2.14. The van der Waals surface area contributed by atoms with Gasteiger partial charge in [0.2, 0.25) is 0 Å². The van der Waals surface area contributed by atoms with E-state index in [0.717, 1.165) is 14.4 Å². The minimum Gasteiger partial charge on any atom is -0.293 e. The van der Waals surface area contributed by atoms with Crippen molar-refractivity contribution in [1.29, 1.82) is 0 Å². The zero-order chi connectivity index (χ0) is 9.97. The number of thiazole rings is 1. The largest absolute Gasteiger partial charge is 0.293 e. The number of nitrogens with zero attached hydrogens (tertiary/aromatic N) is 1. The second-order valence-corrected chi connectivity index (χ2v) is 5.37. The maximum Gasteiger partial charge on any atom is 0.180 e. The van der Waals surface area contributed by atoms with Gasteiger partial charge in [0.1, 0.15) is 5.01 Å². The van der Waals surface area contributed by atoms with Crippen LogP contribution in [0.25, 0.3) is 0 Å². The lowest BCUT2D eigenvalue weighted by molar-refractivity contribution is 0.0996. The third-order valence-electron chi connectivity index (χ3n) is 1.67. The third kappa shape index (κ3) is 2.10. The number of thiophene rings is 1. The molecule has 2 aromatic heterocycles. The fourth-order valence-electron chi connectivity index (χ4n) is 1.05. The molecule has 2 heterocycles. The molecular formula is C9H6BrNOS2. The van der Waals surface area contributed by atoms with Crippen LogP contribution < -0.4 is 0 Å². The van der Waals surface area contributed by atoms with Gasteiger partial charge in [0, 0.05) is 16.0 Å². The molecule has 72 valence electrons. The van der Waals surface area contributed by atoms with Crippen LogP contribution in [0, 0.1) is 0 Å². The van der Waals surface area contributed by atoms with Crippen LogP contribution in [-0.2, 0) is 6.42 Å². The molecule has 0 aliphatic heterocycles. The third-order valence-corrected chi connectivity index (χ3v) is 4.32. The summed E-state index contributed by atoms with van der Waals surface area (Å²) in [5.41, 5.74) is 0. The minimum atomic E-state index is 0.127. The number of carbonyl (C=O) groups excluding carboxylic acids is 1. The summed E-state index contributed by atoms with van der Waals surface area (Å²) in [5, 5.41) is 4.65. The van der Waals surface area contributed by atoms with E-state index in [1.807, 2.05) is 16.8 Å². The lowest BCUT2D eigenvalue weighted by atomic mass is 10.2. The van der Waals surface area contributed by atoms with E-state index in [9.17, 15) is 4.79 Å². The monoisotopic (exact) mass is 287 g/mol. The van der Waals surface area contributed by atoms with Crippen molar-refractivity contribution in [2.75, 3.05) is 0 Å². The van der Waals surface area contributed by atoms with Gasteiger partial charge in [-0.15, -0.1) is 22.7 Å². The fraction of sp³-hybridized carbons (Fsp3) is 0.111. The molecule has 0 bridgehead atoms. The fourth-order valence-corrected chi connectivity index (χ4v) is 3.20. The summed E-state index contributed by atoms with van der Waals surface area (Å²) in [6, 6.07) is 1.89. The Bertz CT molecular complexity index is 435. The van der Waals surface area contributed by atoms with Crippen LogP contribution in [0.4, 0.5) is 0 Å². The average Bonchev–Trinajstić information content (AvgIpc) is 2.75. The molecule has 0 aliphatic carbocycles. The van der Waals surface area contributed by atoms with Crippen LogP contribution in [0.2, 0.25) is 0 Å². The summed E-state index contributed by atoms with van der Waals surface area (Å²) < 4.78 is 0.879. The smallest absolute Gasteiger partial charge is 0.180 e. The Kier molecular flexibility index (Phi) is 3.10. The Morgan fingerprint density at radius 3 is 2.86 bits per heavy atom. The van der Waals surface area contributed by atoms with Crippen molar-refractivity contribution >= 4 is 44.4 Å². The first kappa shape index (κ1) is 10.0. The van der Waals surface area contributed by atoms with Gasteiger partial charge in [-0.05, 0) is 27.4 Å². The summed E-state index contributed by atoms with van der Waals surface area (Å²) in [7, 11) is 0. The minimum absolute atomic E-state index is 0.127. The van der Waals surface area contributed by atoms with Crippen LogP contribution in [0.3, 0.4) is 0 Å². The molecule has 0 amide bonds. The Hall–Kier alpha value is -0.520. The molecule has 5 heteroatoms. The van der Waals surface area contributed by atoms with Crippen LogP contribution in [-0.4, -0.2) is 10.8 Å². The van der Waals surface area contributed by atoms with Gasteiger partial charge in [-0.25, -0.2) is 4.98 Å². The number of aromatic nitrogens is 1. The predicted molar refractivity (Wildman–Crippen MR) is 62.2 cm³/mol. The van der Waals surface area contributed by atoms with E-state index in [0.29, 0.717) is 6.42 Å². The van der Waals surface area contributed by atoms with Gasteiger partial charge in [0.25, 0.3) is 0 Å². The number of hydrogen-bond acceptors (Lipinski definition) is 4. The zero-order valence-electron chi connectivity index (χ0n) is 7.07. The second kappa shape index (κ2) is 4.33. The van der Waals surface area contributed by atoms with Gasteiger partial charge in [0.15, 0.2) is 5.78 Å². The molecule has 0 radical (unpaired) electrons. The predicted octanol–water partition coefficient (Wildman–Crippen LogP) is 3.39. The number of rotatable bonds is 3. The average molecular weight is 288 g/mol. The highest BCUT2D eigenvalue weighted by Crippen LogP contribution is 2.24. The zero-order valence-corrected chi connectivity index (χ0v) is 10.3. The number of hydrogen-bond donors (Lipinski definition) is 0. The molecular weight excluding hydrogens is 282 g/mol. The van der Waals surface area contributed by atoms with E-state index in [2.05, 4.69) is 20.9 Å². The lowest BCUT2D eigenvalue weighted by Crippen LogP contribution is -2.01. The molecule has 14 heavy (non-hydrogen) atoms. The van der Waals surface area contributed by atoms with Crippen molar-refractivity contribution in [2.24, 2.45) is 0 Å². The maximum atomic E-state index is 11.7. The van der Waals surface area contributed by atoms with Crippen LogP contribution in [0.5, 0.6) is 0 Å². The van der Waals surface area contributed by atoms with Gasteiger partial charge in [-0.3, -0.25) is 4.79 Å². The van der Waals surface area contributed by atoms with Gasteiger partial charge in [0.05, 0.1) is 11.3 Å². The van der Waals surface area contributed by atoms with Crippen molar-refractivity contribution < 1.29 is 4.79 Å². The van der Waals surface area contributed by atoms with Crippen molar-refractivity contribution in [3.05, 3.63) is 37.4 Å². The first-order chi connectivity index (χ1) is 6.77. The van der Waals surface area contributed by atoms with Crippen LogP contribution >= 0.6 is 38.6 Å². The molecule has 0 unspecified atom stereocenters. The number of halogens is 1.